The molecule has 3 rings (SSSR count). The Morgan fingerprint density at radius 2 is 1.68 bits per heavy atom. The first kappa shape index (κ1) is 33.4. The van der Waals surface area contributed by atoms with Gasteiger partial charge < -0.3 is 19.7 Å². The molecule has 2 saturated carbocycles. The van der Waals surface area contributed by atoms with Gasteiger partial charge in [-0.05, 0) is 49.5 Å². The highest BCUT2D eigenvalue weighted by molar-refractivity contribution is 6.00. The summed E-state index contributed by atoms with van der Waals surface area (Å²) in [6.07, 6.45) is -0.739. The third-order valence-electron chi connectivity index (χ3n) is 9.17. The molecule has 5 unspecified atom stereocenters. The lowest BCUT2D eigenvalue weighted by molar-refractivity contribution is -0.188. The van der Waals surface area contributed by atoms with Crippen LogP contribution in [0.1, 0.15) is 85.5 Å². The van der Waals surface area contributed by atoms with E-state index in [1.165, 1.54) is 13.8 Å². The lowest BCUT2D eigenvalue weighted by Crippen LogP contribution is -2.59. The fourth-order valence-electron chi connectivity index (χ4n) is 7.32. The van der Waals surface area contributed by atoms with Crippen molar-refractivity contribution in [3.05, 3.63) is 59.7 Å². The van der Waals surface area contributed by atoms with Crippen molar-refractivity contribution in [2.24, 2.45) is 28.6 Å². The Morgan fingerprint density at radius 1 is 1.10 bits per heavy atom. The average molecular weight is 557 g/mol. The van der Waals surface area contributed by atoms with Crippen molar-refractivity contribution >= 4 is 17.7 Å². The summed E-state index contributed by atoms with van der Waals surface area (Å²) < 4.78 is 12.0. The molecular weight excluding hydrogens is 508 g/mol. The number of hydrogen-bond acceptors (Lipinski definition) is 7. The minimum Gasteiger partial charge on any atom is -0.462 e. The SMILES string of the molecule is C.C=C1C2CC(C[C@@H](C)O)(C(C)C)/C(=C/C)C(C(=O)c3ccccc3)[C@H](OC(C)=O)C2(C)C(OC(C)=O)C[C@@H]1O. The van der Waals surface area contributed by atoms with Crippen molar-refractivity contribution in [2.45, 2.75) is 99.6 Å². The Kier molecular flexibility index (Phi) is 10.7. The number of hydrogen-bond donors (Lipinski definition) is 2. The van der Waals surface area contributed by atoms with Gasteiger partial charge in [-0.2, -0.15) is 0 Å². The van der Waals surface area contributed by atoms with Gasteiger partial charge in [-0.15, -0.1) is 0 Å². The third-order valence-corrected chi connectivity index (χ3v) is 9.17. The number of aliphatic hydroxyl groups is 2. The van der Waals surface area contributed by atoms with Crippen molar-refractivity contribution in [1.29, 1.82) is 0 Å². The number of fused-ring (bicyclic) bond motifs is 1. The topological polar surface area (TPSA) is 110 Å². The summed E-state index contributed by atoms with van der Waals surface area (Å²) in [5.41, 5.74) is -0.00389. The Morgan fingerprint density at radius 3 is 2.15 bits per heavy atom. The van der Waals surface area contributed by atoms with Gasteiger partial charge in [0.25, 0.3) is 0 Å². The van der Waals surface area contributed by atoms with E-state index in [4.69, 9.17) is 9.47 Å². The number of Topliss-reactive ketones (excluding diaryl/α,β-unsaturated/α-hetero) is 1. The zero-order valence-corrected chi connectivity index (χ0v) is 24.3. The number of carbonyl (C=O) groups excluding carboxylic acids is 3. The van der Waals surface area contributed by atoms with Gasteiger partial charge in [-0.1, -0.05) is 76.8 Å². The van der Waals surface area contributed by atoms with E-state index < -0.39 is 59.0 Å². The molecule has 1 aromatic rings. The van der Waals surface area contributed by atoms with Gasteiger partial charge in [-0.3, -0.25) is 14.4 Å². The standard InChI is InChI=1S/C32H44O7.CH4/c1-9-24-28(29(37)23-13-11-10-12-14-23)30(39-22(7)35)31(8)25(17-32(24,18(2)3)16-19(4)33)20(5)26(36)15-27(31)38-21(6)34;/h9-14,18-19,25-28,30,33,36H,5,15-17H2,1-4,6-8H3;1H4/b24-9+;/t19-,25?,26+,27?,28?,30+,31?,32?;/m1./s1. The van der Waals surface area contributed by atoms with Crippen LogP contribution < -0.4 is 0 Å². The first-order valence-electron chi connectivity index (χ1n) is 13.9. The third kappa shape index (κ3) is 5.96. The van der Waals surface area contributed by atoms with Crippen LogP contribution in [0.3, 0.4) is 0 Å². The minimum absolute atomic E-state index is 0. The van der Waals surface area contributed by atoms with Crippen molar-refractivity contribution in [1.82, 2.24) is 0 Å². The van der Waals surface area contributed by atoms with E-state index in [2.05, 4.69) is 20.4 Å². The molecule has 0 bridgehead atoms. The van der Waals surface area contributed by atoms with E-state index >= 15 is 0 Å². The smallest absolute Gasteiger partial charge is 0.302 e. The molecule has 222 valence electrons. The molecule has 2 aliphatic rings. The Hall–Kier alpha value is -2.77. The summed E-state index contributed by atoms with van der Waals surface area (Å²) in [5.74, 6) is -2.75. The molecule has 8 atom stereocenters. The van der Waals surface area contributed by atoms with Crippen LogP contribution in [0.4, 0.5) is 0 Å². The molecule has 0 aromatic heterocycles. The first-order chi connectivity index (χ1) is 18.2. The number of allylic oxidation sites excluding steroid dienone is 1. The van der Waals surface area contributed by atoms with E-state index in [-0.39, 0.29) is 25.5 Å². The second kappa shape index (κ2) is 12.8. The molecule has 0 amide bonds. The maximum Gasteiger partial charge on any atom is 0.302 e. The largest absolute Gasteiger partial charge is 0.462 e. The quantitative estimate of drug-likeness (QED) is 0.252. The van der Waals surface area contributed by atoms with Crippen LogP contribution in [0.5, 0.6) is 0 Å². The lowest BCUT2D eigenvalue weighted by Gasteiger charge is -2.53. The van der Waals surface area contributed by atoms with Gasteiger partial charge >= 0.3 is 11.9 Å². The molecule has 1 aromatic carbocycles. The zero-order chi connectivity index (χ0) is 29.3. The molecular formula is C33H48O7. The summed E-state index contributed by atoms with van der Waals surface area (Å²) in [4.78, 5) is 39.6. The maximum atomic E-state index is 14.5. The summed E-state index contributed by atoms with van der Waals surface area (Å²) in [5, 5.41) is 21.9. The predicted molar refractivity (Wildman–Crippen MR) is 155 cm³/mol. The van der Waals surface area contributed by atoms with Crippen molar-refractivity contribution in [3.8, 4) is 0 Å². The maximum absolute atomic E-state index is 14.5. The highest BCUT2D eigenvalue weighted by Crippen LogP contribution is 2.63. The lowest BCUT2D eigenvalue weighted by atomic mass is 9.56. The molecule has 0 heterocycles. The molecule has 7 heteroatoms. The van der Waals surface area contributed by atoms with Crippen LogP contribution in [-0.4, -0.2) is 52.4 Å². The summed E-state index contributed by atoms with van der Waals surface area (Å²) >= 11 is 0. The van der Waals surface area contributed by atoms with Crippen molar-refractivity contribution < 1.29 is 34.1 Å². The number of ketones is 1. The van der Waals surface area contributed by atoms with Gasteiger partial charge in [-0.25, -0.2) is 0 Å². The van der Waals surface area contributed by atoms with E-state index in [1.807, 2.05) is 26.0 Å². The fourth-order valence-corrected chi connectivity index (χ4v) is 7.32. The van der Waals surface area contributed by atoms with Crippen LogP contribution in [0.25, 0.3) is 0 Å². The monoisotopic (exact) mass is 556 g/mol. The second-order valence-corrected chi connectivity index (χ2v) is 11.9. The van der Waals surface area contributed by atoms with E-state index in [0.717, 1.165) is 5.57 Å². The fraction of sp³-hybridized carbons (Fsp3) is 0.606. The molecule has 40 heavy (non-hydrogen) atoms. The average Bonchev–Trinajstić information content (AvgIpc) is 2.94. The van der Waals surface area contributed by atoms with Gasteiger partial charge in [0.2, 0.25) is 0 Å². The Balaban J connectivity index is 0.00000560. The van der Waals surface area contributed by atoms with Crippen LogP contribution >= 0.6 is 0 Å². The van der Waals surface area contributed by atoms with Crippen LogP contribution in [0.15, 0.2) is 54.1 Å². The molecule has 2 aliphatic carbocycles. The highest BCUT2D eigenvalue weighted by atomic mass is 16.6. The van der Waals surface area contributed by atoms with Gasteiger partial charge in [0.15, 0.2) is 5.78 Å². The summed E-state index contributed by atoms with van der Waals surface area (Å²) in [7, 11) is 0. The van der Waals surface area contributed by atoms with Crippen molar-refractivity contribution in [3.63, 3.8) is 0 Å². The van der Waals surface area contributed by atoms with Crippen LogP contribution in [-0.2, 0) is 19.1 Å². The van der Waals surface area contributed by atoms with Gasteiger partial charge in [0.05, 0.1) is 18.1 Å². The number of rotatable bonds is 7. The molecule has 7 nitrogen and oxygen atoms in total. The number of esters is 2. The predicted octanol–water partition coefficient (Wildman–Crippen LogP) is 5.69. The molecule has 0 radical (unpaired) electrons. The summed E-state index contributed by atoms with van der Waals surface area (Å²) in [6.45, 7) is 16.5. The van der Waals surface area contributed by atoms with Crippen molar-refractivity contribution in [2.75, 3.05) is 0 Å². The summed E-state index contributed by atoms with van der Waals surface area (Å²) in [6, 6.07) is 8.89. The van der Waals surface area contributed by atoms with E-state index in [0.29, 0.717) is 24.0 Å². The zero-order valence-electron chi connectivity index (χ0n) is 24.3. The number of aliphatic hydroxyl groups excluding tert-OH is 2. The number of benzene rings is 1. The Labute approximate surface area is 239 Å². The molecule has 0 aliphatic heterocycles. The second-order valence-electron chi connectivity index (χ2n) is 11.9. The normalized spacial score (nSPS) is 33.8. The molecule has 0 saturated heterocycles. The van der Waals surface area contributed by atoms with Crippen LogP contribution in [0, 0.1) is 28.6 Å². The number of ether oxygens (including phenoxy) is 2. The van der Waals surface area contributed by atoms with Crippen LogP contribution in [0.2, 0.25) is 0 Å². The van der Waals surface area contributed by atoms with E-state index in [9.17, 15) is 24.6 Å². The van der Waals surface area contributed by atoms with Gasteiger partial charge in [0.1, 0.15) is 12.2 Å². The molecule has 2 N–H and O–H groups in total. The Bertz CT molecular complexity index is 1120. The minimum atomic E-state index is -1.09. The highest BCUT2D eigenvalue weighted by Gasteiger charge is 2.65. The molecule has 2 fully saturated rings. The number of carbonyl (C=O) groups is 3. The first-order valence-corrected chi connectivity index (χ1v) is 13.9. The van der Waals surface area contributed by atoms with E-state index in [1.54, 1.807) is 31.2 Å². The van der Waals surface area contributed by atoms with Gasteiger partial charge in [0, 0.05) is 31.2 Å². The molecule has 0 spiro atoms.